The molecule has 0 saturated carbocycles. The molecule has 1 aromatic heterocycles. The van der Waals surface area contributed by atoms with Crippen molar-refractivity contribution in [2.45, 2.75) is 26.1 Å². The first-order chi connectivity index (χ1) is 19.0. The van der Waals surface area contributed by atoms with Crippen LogP contribution in [-0.4, -0.2) is 41.2 Å². The van der Waals surface area contributed by atoms with Crippen LogP contribution in [0.15, 0.2) is 69.9 Å². The summed E-state index contributed by atoms with van der Waals surface area (Å²) in [6.07, 6.45) is -4.66. The summed E-state index contributed by atoms with van der Waals surface area (Å²) in [4.78, 5) is 33.3. The molecule has 3 aromatic carbocycles. The molecular formula is C28H26BrF3N4O4. The van der Waals surface area contributed by atoms with E-state index in [4.69, 9.17) is 14.5 Å². The highest BCUT2D eigenvalue weighted by Gasteiger charge is 2.34. The summed E-state index contributed by atoms with van der Waals surface area (Å²) in [6, 6.07) is 13.1. The molecule has 1 N–H and O–H groups in total. The number of amides is 2. The van der Waals surface area contributed by atoms with E-state index in [9.17, 15) is 22.8 Å². The topological polar surface area (TPSA) is 85.7 Å². The fraction of sp³-hybridized carbons (Fsp3) is 0.250. The van der Waals surface area contributed by atoms with E-state index in [-0.39, 0.29) is 18.1 Å². The zero-order chi connectivity index (χ0) is 29.2. The maximum Gasteiger partial charge on any atom is 0.418 e. The number of carbonyl (C=O) groups is 1. The Morgan fingerprint density at radius 3 is 2.42 bits per heavy atom. The first-order valence-electron chi connectivity index (χ1n) is 12.2. The van der Waals surface area contributed by atoms with Gasteiger partial charge in [-0.05, 0) is 54.0 Å². The number of anilines is 1. The van der Waals surface area contributed by atoms with Crippen LogP contribution in [0.1, 0.15) is 31.3 Å². The molecule has 0 bridgehead atoms. The lowest BCUT2D eigenvalue weighted by molar-refractivity contribution is -0.136. The largest absolute Gasteiger partial charge is 0.497 e. The fourth-order valence-electron chi connectivity index (χ4n) is 4.41. The minimum absolute atomic E-state index is 0.104. The molecule has 1 unspecified atom stereocenters. The second kappa shape index (κ2) is 11.6. The van der Waals surface area contributed by atoms with Crippen LogP contribution < -0.4 is 20.3 Å². The Morgan fingerprint density at radius 1 is 1.10 bits per heavy atom. The Labute approximate surface area is 236 Å². The number of rotatable bonds is 7. The van der Waals surface area contributed by atoms with Gasteiger partial charge in [-0.15, -0.1) is 0 Å². The van der Waals surface area contributed by atoms with Crippen molar-refractivity contribution in [2.24, 2.45) is 0 Å². The molecule has 0 radical (unpaired) electrons. The smallest absolute Gasteiger partial charge is 0.418 e. The predicted octanol–water partition coefficient (Wildman–Crippen LogP) is 6.80. The molecular weight excluding hydrogens is 593 g/mol. The molecule has 0 saturated heterocycles. The Kier molecular flexibility index (Phi) is 8.38. The van der Waals surface area contributed by atoms with Crippen LogP contribution in [0.4, 0.5) is 23.7 Å². The summed E-state index contributed by atoms with van der Waals surface area (Å²) >= 11 is 3.51. The lowest BCUT2D eigenvalue weighted by Crippen LogP contribution is -2.40. The molecule has 210 valence electrons. The van der Waals surface area contributed by atoms with Crippen LogP contribution in [0.5, 0.6) is 11.5 Å². The van der Waals surface area contributed by atoms with E-state index in [1.54, 1.807) is 50.2 Å². The second-order valence-corrected chi connectivity index (χ2v) is 9.52. The van der Waals surface area contributed by atoms with Crippen LogP contribution in [-0.2, 0) is 6.18 Å². The Bertz CT molecular complexity index is 1620. The van der Waals surface area contributed by atoms with E-state index in [2.05, 4.69) is 21.2 Å². The van der Waals surface area contributed by atoms with Crippen molar-refractivity contribution >= 4 is 38.6 Å². The summed E-state index contributed by atoms with van der Waals surface area (Å²) in [5.41, 5.74) is -1.02. The van der Waals surface area contributed by atoms with Gasteiger partial charge in [-0.2, -0.15) is 13.2 Å². The minimum atomic E-state index is -4.66. The number of benzene rings is 3. The molecule has 8 nitrogen and oxygen atoms in total. The van der Waals surface area contributed by atoms with Gasteiger partial charge in [0.1, 0.15) is 17.3 Å². The van der Waals surface area contributed by atoms with Gasteiger partial charge in [0.05, 0.1) is 52.6 Å². The normalized spacial score (nSPS) is 12.2. The van der Waals surface area contributed by atoms with Crippen molar-refractivity contribution in [1.29, 1.82) is 0 Å². The highest BCUT2D eigenvalue weighted by Crippen LogP contribution is 2.38. The minimum Gasteiger partial charge on any atom is -0.497 e. The van der Waals surface area contributed by atoms with Crippen LogP contribution in [0.2, 0.25) is 0 Å². The molecule has 40 heavy (non-hydrogen) atoms. The molecule has 12 heteroatoms. The summed E-state index contributed by atoms with van der Waals surface area (Å²) in [5, 5.41) is 2.71. The monoisotopic (exact) mass is 618 g/mol. The van der Waals surface area contributed by atoms with Gasteiger partial charge in [-0.25, -0.2) is 9.78 Å². The molecule has 0 aliphatic rings. The van der Waals surface area contributed by atoms with Crippen molar-refractivity contribution in [1.82, 2.24) is 14.5 Å². The Morgan fingerprint density at radius 2 is 1.77 bits per heavy atom. The Balaban J connectivity index is 1.89. The number of nitrogens with one attached hydrogen (secondary N) is 1. The third-order valence-electron chi connectivity index (χ3n) is 6.41. The van der Waals surface area contributed by atoms with Crippen molar-refractivity contribution in [3.8, 4) is 17.2 Å². The van der Waals surface area contributed by atoms with E-state index in [1.807, 2.05) is 0 Å². The van der Waals surface area contributed by atoms with Gasteiger partial charge in [0.15, 0.2) is 0 Å². The molecule has 0 fully saturated rings. The van der Waals surface area contributed by atoms with Gasteiger partial charge in [0.25, 0.3) is 5.56 Å². The number of methoxy groups -OCH3 is 2. The highest BCUT2D eigenvalue weighted by molar-refractivity contribution is 9.10. The number of carbonyl (C=O) groups excluding carboxylic acids is 1. The Hall–Kier alpha value is -4.06. The zero-order valence-corrected chi connectivity index (χ0v) is 23.6. The number of ether oxygens (including phenoxy) is 2. The fourth-order valence-corrected chi connectivity index (χ4v) is 4.98. The van der Waals surface area contributed by atoms with Gasteiger partial charge >= 0.3 is 12.2 Å². The molecule has 2 amide bonds. The highest BCUT2D eigenvalue weighted by atomic mass is 79.9. The van der Waals surface area contributed by atoms with Crippen molar-refractivity contribution in [2.75, 3.05) is 26.1 Å². The number of nitrogens with zero attached hydrogens (tertiary/aromatic N) is 3. The maximum atomic E-state index is 13.9. The molecule has 0 aliphatic carbocycles. The first-order valence-corrected chi connectivity index (χ1v) is 13.0. The maximum absolute atomic E-state index is 13.9. The molecule has 1 atom stereocenters. The van der Waals surface area contributed by atoms with Crippen LogP contribution >= 0.6 is 15.9 Å². The van der Waals surface area contributed by atoms with E-state index < -0.39 is 29.4 Å². The van der Waals surface area contributed by atoms with Crippen LogP contribution in [0.3, 0.4) is 0 Å². The van der Waals surface area contributed by atoms with Crippen molar-refractivity contribution < 1.29 is 27.4 Å². The summed E-state index contributed by atoms with van der Waals surface area (Å²) < 4.78 is 53.3. The van der Waals surface area contributed by atoms with E-state index in [0.29, 0.717) is 32.6 Å². The zero-order valence-electron chi connectivity index (χ0n) is 22.0. The molecule has 0 spiro atoms. The van der Waals surface area contributed by atoms with Crippen LogP contribution in [0, 0.1) is 0 Å². The number of aromatic nitrogens is 2. The lowest BCUT2D eigenvalue weighted by atomic mass is 10.1. The number of urea groups is 1. The number of hydrogen-bond acceptors (Lipinski definition) is 5. The average Bonchev–Trinajstić information content (AvgIpc) is 2.93. The standard InChI is InChI=1S/C28H26BrF3N4O4/c1-5-35(27(38)34-21-13-9-7-11-19(21)28(30,31)32)16(2)25-33-20-12-8-6-10-18(20)26(37)36(25)22-14-17(39-3)15-23(40-4)24(22)29/h6-16H,5H2,1-4H3,(H,34,38). The number of halogens is 4. The molecule has 4 rings (SSSR count). The van der Waals surface area contributed by atoms with E-state index in [0.717, 1.165) is 6.07 Å². The van der Waals surface area contributed by atoms with Gasteiger partial charge < -0.3 is 19.7 Å². The predicted molar refractivity (Wildman–Crippen MR) is 149 cm³/mol. The third kappa shape index (κ3) is 5.48. The summed E-state index contributed by atoms with van der Waals surface area (Å²) in [5.74, 6) is 0.977. The number of para-hydroxylation sites is 2. The van der Waals surface area contributed by atoms with Gasteiger partial charge in [-0.3, -0.25) is 9.36 Å². The van der Waals surface area contributed by atoms with E-state index in [1.165, 1.54) is 41.9 Å². The van der Waals surface area contributed by atoms with Gasteiger partial charge in [0.2, 0.25) is 0 Å². The quantitative estimate of drug-likeness (QED) is 0.246. The van der Waals surface area contributed by atoms with Gasteiger partial charge in [0, 0.05) is 18.7 Å². The summed E-state index contributed by atoms with van der Waals surface area (Å²) in [6.45, 7) is 3.43. The molecule has 4 aromatic rings. The third-order valence-corrected chi connectivity index (χ3v) is 7.21. The lowest BCUT2D eigenvalue weighted by Gasteiger charge is -2.30. The van der Waals surface area contributed by atoms with E-state index >= 15 is 0 Å². The van der Waals surface area contributed by atoms with Crippen molar-refractivity contribution in [3.05, 3.63) is 86.9 Å². The number of alkyl halides is 3. The first kappa shape index (κ1) is 28.9. The molecule has 1 heterocycles. The molecule has 0 aliphatic heterocycles. The van der Waals surface area contributed by atoms with Crippen LogP contribution in [0.25, 0.3) is 16.6 Å². The SMILES string of the molecule is CCN(C(=O)Nc1ccccc1C(F)(F)F)C(C)c1nc2ccccc2c(=O)n1-c1cc(OC)cc(OC)c1Br. The number of fused-ring (bicyclic) bond motifs is 1. The summed E-state index contributed by atoms with van der Waals surface area (Å²) in [7, 11) is 2.94. The average molecular weight is 619 g/mol. The second-order valence-electron chi connectivity index (χ2n) is 8.73. The number of hydrogen-bond donors (Lipinski definition) is 1. The van der Waals surface area contributed by atoms with Crippen molar-refractivity contribution in [3.63, 3.8) is 0 Å². The van der Waals surface area contributed by atoms with Gasteiger partial charge in [-0.1, -0.05) is 24.3 Å².